The molecule has 0 aliphatic heterocycles. The van der Waals surface area contributed by atoms with E-state index in [1.54, 1.807) is 48.1 Å². The van der Waals surface area contributed by atoms with Gasteiger partial charge in [-0.15, -0.1) is 0 Å². The number of benzene rings is 3. The molecule has 0 amide bonds. The van der Waals surface area contributed by atoms with Gasteiger partial charge in [0.15, 0.2) is 0 Å². The van der Waals surface area contributed by atoms with Gasteiger partial charge in [-0.25, -0.2) is 0 Å². The first kappa shape index (κ1) is 33.6. The molecule has 0 aromatic heterocycles. The quantitative estimate of drug-likeness (QED) is 0.146. The molecule has 2 radical (unpaired) electrons. The van der Waals surface area contributed by atoms with Crippen molar-refractivity contribution in [3.8, 4) is 22.3 Å². The minimum absolute atomic E-state index is 0.483. The van der Waals surface area contributed by atoms with E-state index in [4.69, 9.17) is 0 Å². The van der Waals surface area contributed by atoms with Gasteiger partial charge in [0.05, 0.1) is 0 Å². The van der Waals surface area contributed by atoms with Gasteiger partial charge in [-0.05, 0) is 0 Å². The number of hydrogen-bond donors (Lipinski definition) is 0. The van der Waals surface area contributed by atoms with Crippen LogP contribution in [-0.2, 0) is 0 Å². The van der Waals surface area contributed by atoms with Crippen LogP contribution in [0.15, 0.2) is 54.6 Å². The van der Waals surface area contributed by atoms with Gasteiger partial charge in [0, 0.05) is 0 Å². The van der Waals surface area contributed by atoms with Crippen LogP contribution < -0.4 is 3.58 Å². The molecular weight excluding hydrogens is 635 g/mol. The van der Waals surface area contributed by atoms with Gasteiger partial charge in [-0.3, -0.25) is 0 Å². The van der Waals surface area contributed by atoms with Crippen molar-refractivity contribution in [2.45, 2.75) is 135 Å². The molecule has 1 heteroatoms. The SMILES string of the molecule is CC(C)c1cc(C(C)C)c(-c2cccc(-c3c(C(C)C)cc(C(C)C)cc3C(C)C)[c]2[Sn][CH]2CC3C=CC2C3)c(C(C)C)c1. The summed E-state index contributed by atoms with van der Waals surface area (Å²) in [6.07, 6.45) is 7.94. The summed E-state index contributed by atoms with van der Waals surface area (Å²) in [5.74, 6) is 4.63. The number of allylic oxidation sites excluding steroid dienone is 2. The van der Waals surface area contributed by atoms with Crippen molar-refractivity contribution in [1.29, 1.82) is 0 Å². The molecule has 3 atom stereocenters. The zero-order valence-electron chi connectivity index (χ0n) is 29.8. The average molecular weight is 694 g/mol. The topological polar surface area (TPSA) is 0 Å². The Hall–Kier alpha value is -1.80. The molecule has 0 heterocycles. The Morgan fingerprint density at radius 2 is 0.932 bits per heavy atom. The average Bonchev–Trinajstić information content (AvgIpc) is 3.59. The van der Waals surface area contributed by atoms with Gasteiger partial charge >= 0.3 is 282 Å². The molecule has 0 nitrogen and oxygen atoms in total. The summed E-state index contributed by atoms with van der Waals surface area (Å²) in [4.78, 5) is 0. The van der Waals surface area contributed by atoms with Crippen LogP contribution >= 0.6 is 0 Å². The van der Waals surface area contributed by atoms with Crippen molar-refractivity contribution in [2.75, 3.05) is 0 Å². The molecule has 0 saturated heterocycles. The Morgan fingerprint density at radius 3 is 1.23 bits per heavy atom. The third-order valence-electron chi connectivity index (χ3n) is 10.5. The first-order valence-electron chi connectivity index (χ1n) is 17.7. The molecule has 0 N–H and O–H groups in total. The standard InChI is InChI=1S/C36H49.C7H9.Sn/c1-21(2)29-17-31(23(5)6)35(32(18-29)24(7)8)27-14-13-15-28(16-27)36-33(25(9)10)19-30(22(3)4)20-34(36)26(11)12;1-2-7-4-3-6(1)5-7;/h13-15,17-26H,1-12H3;1-3,6-7H,4-5H2;. The molecule has 1 saturated carbocycles. The van der Waals surface area contributed by atoms with E-state index in [0.717, 1.165) is 15.8 Å². The fraction of sp³-hybridized carbons (Fsp3) is 0.535. The number of hydrogen-bond acceptors (Lipinski definition) is 0. The molecule has 2 bridgehead atoms. The van der Waals surface area contributed by atoms with Crippen molar-refractivity contribution < 1.29 is 0 Å². The van der Waals surface area contributed by atoms with Gasteiger partial charge < -0.3 is 0 Å². The fourth-order valence-corrected chi connectivity index (χ4v) is 13.4. The Bertz CT molecular complexity index is 1360. The van der Waals surface area contributed by atoms with Crippen LogP contribution in [0.5, 0.6) is 0 Å². The molecule has 3 unspecified atom stereocenters. The first-order chi connectivity index (χ1) is 20.8. The molecule has 1 fully saturated rings. The molecule has 2 aliphatic rings. The zero-order chi connectivity index (χ0) is 32.0. The van der Waals surface area contributed by atoms with Crippen molar-refractivity contribution in [3.05, 3.63) is 88.0 Å². The second kappa shape index (κ2) is 13.5. The molecule has 234 valence electrons. The predicted octanol–water partition coefficient (Wildman–Crippen LogP) is 12.5. The Balaban J connectivity index is 1.87. The summed E-state index contributed by atoms with van der Waals surface area (Å²) >= 11 is -0.962. The monoisotopic (exact) mass is 694 g/mol. The zero-order valence-corrected chi connectivity index (χ0v) is 32.7. The molecule has 3 aromatic carbocycles. The molecular formula is C43H58Sn. The van der Waals surface area contributed by atoms with E-state index >= 15 is 0 Å². The van der Waals surface area contributed by atoms with Crippen molar-refractivity contribution in [3.63, 3.8) is 0 Å². The molecule has 0 spiro atoms. The maximum atomic E-state index is 2.59. The summed E-state index contributed by atoms with van der Waals surface area (Å²) < 4.78 is 2.66. The van der Waals surface area contributed by atoms with Crippen molar-refractivity contribution in [1.82, 2.24) is 0 Å². The van der Waals surface area contributed by atoms with Crippen molar-refractivity contribution >= 4 is 24.7 Å². The summed E-state index contributed by atoms with van der Waals surface area (Å²) in [5.41, 5.74) is 15.4. The van der Waals surface area contributed by atoms with E-state index in [9.17, 15) is 0 Å². The van der Waals surface area contributed by atoms with E-state index < -0.39 is 21.1 Å². The van der Waals surface area contributed by atoms with Crippen LogP contribution in [0.25, 0.3) is 22.3 Å². The van der Waals surface area contributed by atoms with Crippen LogP contribution in [0, 0.1) is 11.8 Å². The van der Waals surface area contributed by atoms with E-state index in [1.165, 1.54) is 24.0 Å². The van der Waals surface area contributed by atoms with Crippen LogP contribution in [-0.4, -0.2) is 21.1 Å². The normalized spacial score (nSPS) is 19.7. The van der Waals surface area contributed by atoms with E-state index in [1.807, 2.05) is 0 Å². The third-order valence-corrected chi connectivity index (χ3v) is 15.8. The van der Waals surface area contributed by atoms with Crippen LogP contribution in [0.3, 0.4) is 0 Å². The maximum absolute atomic E-state index is 2.59. The molecule has 2 aliphatic carbocycles. The summed E-state index contributed by atoms with van der Waals surface area (Å²) in [7, 11) is 0. The summed E-state index contributed by atoms with van der Waals surface area (Å²) in [6.45, 7) is 28.7. The van der Waals surface area contributed by atoms with Gasteiger partial charge in [0.25, 0.3) is 0 Å². The minimum atomic E-state index is -0.962. The first-order valence-corrected chi connectivity index (χ1v) is 20.8. The third kappa shape index (κ3) is 6.54. The number of rotatable bonds is 10. The summed E-state index contributed by atoms with van der Waals surface area (Å²) in [6, 6.07) is 17.7. The van der Waals surface area contributed by atoms with Gasteiger partial charge in [0.1, 0.15) is 0 Å². The van der Waals surface area contributed by atoms with Gasteiger partial charge in [-0.2, -0.15) is 0 Å². The molecule has 3 aromatic rings. The van der Waals surface area contributed by atoms with E-state index in [0.29, 0.717) is 35.5 Å². The second-order valence-electron chi connectivity index (χ2n) is 15.8. The van der Waals surface area contributed by atoms with Gasteiger partial charge in [0.2, 0.25) is 0 Å². The number of fused-ring (bicyclic) bond motifs is 2. The summed E-state index contributed by atoms with van der Waals surface area (Å²) in [5, 5.41) is 0. The van der Waals surface area contributed by atoms with E-state index in [2.05, 4.69) is 138 Å². The van der Waals surface area contributed by atoms with E-state index in [-0.39, 0.29) is 0 Å². The van der Waals surface area contributed by atoms with Crippen molar-refractivity contribution in [2.24, 2.45) is 11.8 Å². The predicted molar refractivity (Wildman–Crippen MR) is 196 cm³/mol. The Morgan fingerprint density at radius 1 is 0.523 bits per heavy atom. The van der Waals surface area contributed by atoms with Gasteiger partial charge in [-0.1, -0.05) is 0 Å². The molecule has 5 rings (SSSR count). The fourth-order valence-electron chi connectivity index (χ4n) is 7.79. The van der Waals surface area contributed by atoms with Crippen LogP contribution in [0.2, 0.25) is 3.93 Å². The Kier molecular flexibility index (Phi) is 10.3. The molecule has 44 heavy (non-hydrogen) atoms. The van der Waals surface area contributed by atoms with Crippen LogP contribution in [0.4, 0.5) is 0 Å². The Labute approximate surface area is 280 Å². The van der Waals surface area contributed by atoms with Crippen LogP contribution in [0.1, 0.15) is 165 Å². The second-order valence-corrected chi connectivity index (χ2v) is 20.2.